The van der Waals surface area contributed by atoms with Crippen molar-refractivity contribution in [2.45, 2.75) is 25.3 Å². The molecule has 25 heavy (non-hydrogen) atoms. The molecule has 0 radical (unpaired) electrons. The Morgan fingerprint density at radius 3 is 2.12 bits per heavy atom. The van der Waals surface area contributed by atoms with Gasteiger partial charge in [0.15, 0.2) is 0 Å². The molecule has 2 amide bonds. The maximum absolute atomic E-state index is 12.2. The van der Waals surface area contributed by atoms with E-state index in [1.807, 2.05) is 24.3 Å². The number of hydrogen-bond acceptors (Lipinski definition) is 3. The summed E-state index contributed by atoms with van der Waals surface area (Å²) in [5.74, 6) is 0.607. The third kappa shape index (κ3) is 4.83. The topological polar surface area (TPSA) is 67.4 Å². The van der Waals surface area contributed by atoms with E-state index in [9.17, 15) is 9.59 Å². The summed E-state index contributed by atoms with van der Waals surface area (Å²) in [4.78, 5) is 24.1. The first-order valence-electron chi connectivity index (χ1n) is 8.48. The van der Waals surface area contributed by atoms with Crippen molar-refractivity contribution < 1.29 is 14.3 Å². The van der Waals surface area contributed by atoms with Crippen LogP contribution in [0.25, 0.3) is 0 Å². The molecule has 3 rings (SSSR count). The van der Waals surface area contributed by atoms with Crippen molar-refractivity contribution >= 4 is 11.8 Å². The van der Waals surface area contributed by atoms with Crippen LogP contribution in [0.3, 0.4) is 0 Å². The summed E-state index contributed by atoms with van der Waals surface area (Å²) >= 11 is 0. The van der Waals surface area contributed by atoms with E-state index in [0.29, 0.717) is 23.7 Å². The van der Waals surface area contributed by atoms with Gasteiger partial charge in [-0.05, 0) is 61.2 Å². The largest absolute Gasteiger partial charge is 0.497 e. The number of amides is 2. The summed E-state index contributed by atoms with van der Waals surface area (Å²) in [5, 5.41) is 5.83. The maximum Gasteiger partial charge on any atom is 0.251 e. The number of carbonyl (C=O) groups excluding carboxylic acids is 2. The highest BCUT2D eigenvalue weighted by Gasteiger charge is 2.23. The molecule has 1 fully saturated rings. The van der Waals surface area contributed by atoms with Crippen molar-refractivity contribution in [2.24, 2.45) is 0 Å². The smallest absolute Gasteiger partial charge is 0.251 e. The fraction of sp³-hybridized carbons (Fsp3) is 0.300. The molecule has 2 aromatic carbocycles. The Labute approximate surface area is 147 Å². The summed E-state index contributed by atoms with van der Waals surface area (Å²) in [6.07, 6.45) is 2.86. The van der Waals surface area contributed by atoms with Crippen LogP contribution in [0.2, 0.25) is 0 Å². The van der Waals surface area contributed by atoms with Gasteiger partial charge in [-0.15, -0.1) is 0 Å². The molecule has 0 atom stereocenters. The van der Waals surface area contributed by atoms with Crippen LogP contribution in [0.1, 0.15) is 39.1 Å². The summed E-state index contributed by atoms with van der Waals surface area (Å²) in [7, 11) is 1.63. The van der Waals surface area contributed by atoms with E-state index in [0.717, 1.165) is 30.6 Å². The minimum Gasteiger partial charge on any atom is -0.497 e. The summed E-state index contributed by atoms with van der Waals surface area (Å²) in [6.45, 7) is 0.551. The van der Waals surface area contributed by atoms with E-state index < -0.39 is 0 Å². The van der Waals surface area contributed by atoms with Crippen LogP contribution in [-0.2, 0) is 6.42 Å². The van der Waals surface area contributed by atoms with Crippen LogP contribution in [-0.4, -0.2) is 31.5 Å². The third-order valence-corrected chi connectivity index (χ3v) is 4.18. The van der Waals surface area contributed by atoms with Crippen molar-refractivity contribution in [3.05, 3.63) is 65.2 Å². The first-order valence-corrected chi connectivity index (χ1v) is 8.48. The molecule has 1 aliphatic rings. The maximum atomic E-state index is 12.2. The van der Waals surface area contributed by atoms with Crippen LogP contribution < -0.4 is 15.4 Å². The predicted molar refractivity (Wildman–Crippen MR) is 96.0 cm³/mol. The molecule has 2 aromatic rings. The molecule has 0 heterocycles. The Kier molecular flexibility index (Phi) is 5.33. The van der Waals surface area contributed by atoms with Gasteiger partial charge in [-0.2, -0.15) is 0 Å². The van der Waals surface area contributed by atoms with E-state index in [-0.39, 0.29) is 11.8 Å². The first-order chi connectivity index (χ1) is 12.2. The van der Waals surface area contributed by atoms with Gasteiger partial charge in [0.2, 0.25) is 0 Å². The van der Waals surface area contributed by atoms with E-state index in [1.54, 1.807) is 31.4 Å². The highest BCUT2D eigenvalue weighted by molar-refractivity contribution is 5.98. The molecule has 0 aliphatic heterocycles. The monoisotopic (exact) mass is 338 g/mol. The molecule has 0 unspecified atom stereocenters. The van der Waals surface area contributed by atoms with Crippen LogP contribution in [0.5, 0.6) is 5.75 Å². The fourth-order valence-corrected chi connectivity index (χ4v) is 2.48. The third-order valence-electron chi connectivity index (χ3n) is 4.18. The van der Waals surface area contributed by atoms with Crippen LogP contribution in [0.4, 0.5) is 0 Å². The quantitative estimate of drug-likeness (QED) is 0.815. The number of hydrogen-bond donors (Lipinski definition) is 2. The van der Waals surface area contributed by atoms with Crippen LogP contribution in [0.15, 0.2) is 48.5 Å². The van der Waals surface area contributed by atoms with Crippen molar-refractivity contribution in [2.75, 3.05) is 13.7 Å². The van der Waals surface area contributed by atoms with Gasteiger partial charge in [0, 0.05) is 23.7 Å². The zero-order valence-corrected chi connectivity index (χ0v) is 14.2. The molecule has 0 saturated heterocycles. The molecule has 130 valence electrons. The molecule has 1 aliphatic carbocycles. The number of benzene rings is 2. The Balaban J connectivity index is 1.47. The first kappa shape index (κ1) is 17.0. The number of carbonyl (C=O) groups is 2. The second kappa shape index (κ2) is 7.83. The van der Waals surface area contributed by atoms with E-state index in [1.165, 1.54) is 0 Å². The molecular weight excluding hydrogens is 316 g/mol. The van der Waals surface area contributed by atoms with Gasteiger partial charge in [-0.1, -0.05) is 12.1 Å². The zero-order chi connectivity index (χ0) is 17.6. The molecule has 1 saturated carbocycles. The summed E-state index contributed by atoms with van der Waals surface area (Å²) in [6, 6.07) is 14.9. The van der Waals surface area contributed by atoms with Gasteiger partial charge in [-0.3, -0.25) is 9.59 Å². The van der Waals surface area contributed by atoms with Crippen LogP contribution in [0, 0.1) is 0 Å². The summed E-state index contributed by atoms with van der Waals surface area (Å²) in [5.41, 5.74) is 2.27. The average molecular weight is 338 g/mol. The molecule has 0 spiro atoms. The van der Waals surface area contributed by atoms with Crippen molar-refractivity contribution in [3.63, 3.8) is 0 Å². The number of methoxy groups -OCH3 is 1. The molecular formula is C20H22N2O3. The second-order valence-corrected chi connectivity index (χ2v) is 6.18. The Morgan fingerprint density at radius 1 is 0.960 bits per heavy atom. The molecule has 2 N–H and O–H groups in total. The van der Waals surface area contributed by atoms with Crippen LogP contribution >= 0.6 is 0 Å². The normalized spacial score (nSPS) is 13.2. The lowest BCUT2D eigenvalue weighted by Crippen LogP contribution is -2.27. The Bertz CT molecular complexity index is 735. The number of nitrogens with one attached hydrogen (secondary N) is 2. The van der Waals surface area contributed by atoms with Gasteiger partial charge in [-0.25, -0.2) is 0 Å². The van der Waals surface area contributed by atoms with Gasteiger partial charge in [0.05, 0.1) is 7.11 Å². The molecule has 5 nitrogen and oxygen atoms in total. The fourth-order valence-electron chi connectivity index (χ4n) is 2.48. The van der Waals surface area contributed by atoms with Gasteiger partial charge < -0.3 is 15.4 Å². The highest BCUT2D eigenvalue weighted by Crippen LogP contribution is 2.19. The van der Waals surface area contributed by atoms with Gasteiger partial charge in [0.1, 0.15) is 5.75 Å². The lowest BCUT2D eigenvalue weighted by atomic mass is 10.1. The number of ether oxygens (including phenoxy) is 1. The Hall–Kier alpha value is -2.82. The zero-order valence-electron chi connectivity index (χ0n) is 14.2. The van der Waals surface area contributed by atoms with E-state index in [2.05, 4.69) is 10.6 Å². The van der Waals surface area contributed by atoms with E-state index in [4.69, 9.17) is 4.74 Å². The lowest BCUT2D eigenvalue weighted by Gasteiger charge is -2.07. The molecule has 0 aromatic heterocycles. The lowest BCUT2D eigenvalue weighted by molar-refractivity contribution is 0.0940. The molecule has 0 bridgehead atoms. The second-order valence-electron chi connectivity index (χ2n) is 6.18. The highest BCUT2D eigenvalue weighted by atomic mass is 16.5. The molecule has 5 heteroatoms. The Morgan fingerprint density at radius 2 is 1.56 bits per heavy atom. The van der Waals surface area contributed by atoms with Crippen molar-refractivity contribution in [3.8, 4) is 5.75 Å². The van der Waals surface area contributed by atoms with Crippen molar-refractivity contribution in [1.29, 1.82) is 0 Å². The van der Waals surface area contributed by atoms with Crippen molar-refractivity contribution in [1.82, 2.24) is 10.6 Å². The minimum atomic E-state index is -0.136. The standard InChI is InChI=1S/C20H22N2O3/c1-25-18-10-2-14(3-11-18)12-13-21-19(23)15-4-6-16(7-5-15)20(24)22-17-8-9-17/h2-7,10-11,17H,8-9,12-13H2,1H3,(H,21,23)(H,22,24). The number of rotatable bonds is 7. The average Bonchev–Trinajstić information content (AvgIpc) is 3.46. The minimum absolute atomic E-state index is 0.0750. The summed E-state index contributed by atoms with van der Waals surface area (Å²) < 4.78 is 5.12. The van der Waals surface area contributed by atoms with E-state index >= 15 is 0 Å². The SMILES string of the molecule is COc1ccc(CCNC(=O)c2ccc(C(=O)NC3CC3)cc2)cc1. The van der Waals surface area contributed by atoms with Gasteiger partial charge in [0.25, 0.3) is 11.8 Å². The predicted octanol–water partition coefficient (Wildman–Crippen LogP) is 2.56. The van der Waals surface area contributed by atoms with Gasteiger partial charge >= 0.3 is 0 Å².